The summed E-state index contributed by atoms with van der Waals surface area (Å²) in [6, 6.07) is 7.35. The average Bonchev–Trinajstić information content (AvgIpc) is 3.02. The largest absolute Gasteiger partial charge is 0.314 e. The predicted molar refractivity (Wildman–Crippen MR) is 72.2 cm³/mol. The molecule has 0 radical (unpaired) electrons. The summed E-state index contributed by atoms with van der Waals surface area (Å²) in [4.78, 5) is 4.54. The van der Waals surface area contributed by atoms with Gasteiger partial charge in [0.1, 0.15) is 5.82 Å². The second kappa shape index (κ2) is 5.16. The van der Waals surface area contributed by atoms with Gasteiger partial charge in [0.15, 0.2) is 0 Å². The van der Waals surface area contributed by atoms with Crippen LogP contribution >= 0.6 is 11.3 Å². The zero-order valence-electron chi connectivity index (χ0n) is 10.0. The summed E-state index contributed by atoms with van der Waals surface area (Å²) >= 11 is 1.62. The first-order valence-electron chi connectivity index (χ1n) is 6.25. The van der Waals surface area contributed by atoms with Gasteiger partial charge in [-0.3, -0.25) is 0 Å². The van der Waals surface area contributed by atoms with E-state index in [1.807, 2.05) is 11.4 Å². The molecule has 2 nitrogen and oxygen atoms in total. The van der Waals surface area contributed by atoms with Crippen molar-refractivity contribution in [3.05, 3.63) is 40.5 Å². The minimum Gasteiger partial charge on any atom is -0.314 e. The molecule has 94 valence electrons. The monoisotopic (exact) mass is 262 g/mol. The first kappa shape index (κ1) is 11.8. The van der Waals surface area contributed by atoms with Crippen molar-refractivity contribution in [2.24, 2.45) is 0 Å². The normalized spacial score (nSPS) is 19.3. The highest BCUT2D eigenvalue weighted by molar-refractivity contribution is 7.09. The summed E-state index contributed by atoms with van der Waals surface area (Å²) in [6.45, 7) is 1.11. The lowest BCUT2D eigenvalue weighted by Crippen LogP contribution is -2.23. The van der Waals surface area contributed by atoms with Gasteiger partial charge in [0.25, 0.3) is 0 Å². The molecule has 4 heteroatoms. The number of rotatable bonds is 3. The number of benzene rings is 1. The second-order valence-electron chi connectivity index (χ2n) is 4.60. The van der Waals surface area contributed by atoms with E-state index < -0.39 is 0 Å². The van der Waals surface area contributed by atoms with E-state index in [0.29, 0.717) is 11.6 Å². The zero-order valence-corrected chi connectivity index (χ0v) is 10.8. The molecule has 1 fully saturated rings. The van der Waals surface area contributed by atoms with Crippen molar-refractivity contribution in [2.75, 3.05) is 6.54 Å². The average molecular weight is 262 g/mol. The van der Waals surface area contributed by atoms with Gasteiger partial charge in [0.05, 0.1) is 10.7 Å². The number of aromatic nitrogens is 1. The van der Waals surface area contributed by atoms with Crippen molar-refractivity contribution in [2.45, 2.75) is 25.3 Å². The summed E-state index contributed by atoms with van der Waals surface area (Å²) in [6.07, 6.45) is 3.42. The molecule has 2 heterocycles. The van der Waals surface area contributed by atoms with E-state index in [9.17, 15) is 4.39 Å². The van der Waals surface area contributed by atoms with Crippen LogP contribution in [0.25, 0.3) is 11.3 Å². The predicted octanol–water partition coefficient (Wildman–Crippen LogP) is 3.24. The Balaban J connectivity index is 1.79. The topological polar surface area (TPSA) is 24.9 Å². The molecule has 1 aromatic carbocycles. The molecule has 1 aromatic heterocycles. The fraction of sp³-hybridized carbons (Fsp3) is 0.357. The Labute approximate surface area is 110 Å². The molecule has 1 saturated heterocycles. The molecular formula is C14H15FN2S. The van der Waals surface area contributed by atoms with Crippen LogP contribution in [0.4, 0.5) is 4.39 Å². The molecule has 1 atom stereocenters. The summed E-state index contributed by atoms with van der Waals surface area (Å²) in [5.74, 6) is -0.201. The van der Waals surface area contributed by atoms with E-state index in [0.717, 1.165) is 23.7 Å². The number of nitrogens with zero attached hydrogens (tertiary/aromatic N) is 1. The third-order valence-electron chi connectivity index (χ3n) is 3.28. The van der Waals surface area contributed by atoms with Crippen LogP contribution in [0.3, 0.4) is 0 Å². The van der Waals surface area contributed by atoms with Crippen LogP contribution in [-0.2, 0) is 6.42 Å². The quantitative estimate of drug-likeness (QED) is 0.918. The molecule has 1 unspecified atom stereocenters. The van der Waals surface area contributed by atoms with Crippen molar-refractivity contribution >= 4 is 11.3 Å². The van der Waals surface area contributed by atoms with Crippen molar-refractivity contribution in [3.63, 3.8) is 0 Å². The molecule has 0 amide bonds. The van der Waals surface area contributed by atoms with Crippen LogP contribution in [0.1, 0.15) is 17.8 Å². The van der Waals surface area contributed by atoms with E-state index in [1.54, 1.807) is 23.5 Å². The smallest absolute Gasteiger partial charge is 0.132 e. The number of hydrogen-bond donors (Lipinski definition) is 1. The summed E-state index contributed by atoms with van der Waals surface area (Å²) in [5.41, 5.74) is 1.35. The molecular weight excluding hydrogens is 247 g/mol. The molecule has 0 spiro atoms. The van der Waals surface area contributed by atoms with E-state index in [-0.39, 0.29) is 5.82 Å². The van der Waals surface area contributed by atoms with E-state index in [2.05, 4.69) is 10.3 Å². The summed E-state index contributed by atoms with van der Waals surface area (Å²) < 4.78 is 13.6. The maximum Gasteiger partial charge on any atom is 0.132 e. The van der Waals surface area contributed by atoms with Crippen LogP contribution in [0.15, 0.2) is 29.6 Å². The first-order chi connectivity index (χ1) is 8.83. The van der Waals surface area contributed by atoms with Crippen molar-refractivity contribution in [3.8, 4) is 11.3 Å². The van der Waals surface area contributed by atoms with E-state index in [1.165, 1.54) is 18.9 Å². The van der Waals surface area contributed by atoms with Crippen molar-refractivity contribution < 1.29 is 4.39 Å². The molecule has 0 bridgehead atoms. The standard InChI is InChI=1S/C14H15FN2S/c15-12-6-2-1-5-11(12)13-9-18-14(17-13)8-10-4-3-7-16-10/h1-2,5-6,9-10,16H,3-4,7-8H2. The number of thiazole rings is 1. The molecule has 1 aliphatic rings. The third-order valence-corrected chi connectivity index (χ3v) is 4.16. The Kier molecular flexibility index (Phi) is 3.39. The minimum absolute atomic E-state index is 0.201. The van der Waals surface area contributed by atoms with Crippen LogP contribution in [0, 0.1) is 5.82 Å². The van der Waals surface area contributed by atoms with Crippen LogP contribution in [0.2, 0.25) is 0 Å². The van der Waals surface area contributed by atoms with Gasteiger partial charge in [-0.2, -0.15) is 0 Å². The number of halogens is 1. The molecule has 3 rings (SSSR count). The van der Waals surface area contributed by atoms with Gasteiger partial charge < -0.3 is 5.32 Å². The second-order valence-corrected chi connectivity index (χ2v) is 5.55. The lowest BCUT2D eigenvalue weighted by Gasteiger charge is -2.06. The van der Waals surface area contributed by atoms with E-state index in [4.69, 9.17) is 0 Å². The molecule has 1 aliphatic heterocycles. The van der Waals surface area contributed by atoms with Crippen molar-refractivity contribution in [1.82, 2.24) is 10.3 Å². The summed E-state index contributed by atoms with van der Waals surface area (Å²) in [7, 11) is 0. The van der Waals surface area contributed by atoms with E-state index >= 15 is 0 Å². The third kappa shape index (κ3) is 2.44. The first-order valence-corrected chi connectivity index (χ1v) is 7.13. The molecule has 2 aromatic rings. The lowest BCUT2D eigenvalue weighted by atomic mass is 10.1. The van der Waals surface area contributed by atoms with Crippen LogP contribution in [-0.4, -0.2) is 17.6 Å². The van der Waals surface area contributed by atoms with Crippen LogP contribution in [0.5, 0.6) is 0 Å². The Morgan fingerprint density at radius 1 is 1.39 bits per heavy atom. The van der Waals surface area contributed by atoms with Gasteiger partial charge in [-0.1, -0.05) is 12.1 Å². The molecule has 18 heavy (non-hydrogen) atoms. The number of hydrogen-bond acceptors (Lipinski definition) is 3. The molecule has 0 aliphatic carbocycles. The lowest BCUT2D eigenvalue weighted by molar-refractivity contribution is 0.601. The Morgan fingerprint density at radius 2 is 2.28 bits per heavy atom. The minimum atomic E-state index is -0.201. The summed E-state index contributed by atoms with van der Waals surface area (Å²) in [5, 5.41) is 6.50. The SMILES string of the molecule is Fc1ccccc1-c1csc(CC2CCCN2)n1. The van der Waals surface area contributed by atoms with Gasteiger partial charge in [-0.15, -0.1) is 11.3 Å². The fourth-order valence-corrected chi connectivity index (χ4v) is 3.21. The Hall–Kier alpha value is -1.26. The molecule has 1 N–H and O–H groups in total. The fourth-order valence-electron chi connectivity index (χ4n) is 2.34. The maximum atomic E-state index is 13.6. The van der Waals surface area contributed by atoms with Gasteiger partial charge in [-0.05, 0) is 31.5 Å². The highest BCUT2D eigenvalue weighted by atomic mass is 32.1. The van der Waals surface area contributed by atoms with Crippen LogP contribution < -0.4 is 5.32 Å². The van der Waals surface area contributed by atoms with Crippen molar-refractivity contribution in [1.29, 1.82) is 0 Å². The Morgan fingerprint density at radius 3 is 3.06 bits per heavy atom. The highest BCUT2D eigenvalue weighted by Crippen LogP contribution is 2.25. The van der Waals surface area contributed by atoms with Gasteiger partial charge >= 0.3 is 0 Å². The van der Waals surface area contributed by atoms with Gasteiger partial charge in [0.2, 0.25) is 0 Å². The molecule has 0 saturated carbocycles. The highest BCUT2D eigenvalue weighted by Gasteiger charge is 2.17. The number of nitrogens with one attached hydrogen (secondary N) is 1. The van der Waals surface area contributed by atoms with Gasteiger partial charge in [0, 0.05) is 23.4 Å². The Bertz CT molecular complexity index is 532. The maximum absolute atomic E-state index is 13.6. The van der Waals surface area contributed by atoms with Gasteiger partial charge in [-0.25, -0.2) is 9.37 Å². The zero-order chi connectivity index (χ0) is 12.4.